The summed E-state index contributed by atoms with van der Waals surface area (Å²) in [7, 11) is -1.87. The highest BCUT2D eigenvalue weighted by molar-refractivity contribution is 7.89. The Kier molecular flexibility index (Phi) is 6.16. The number of nitrogens with one attached hydrogen (secondary N) is 2. The lowest BCUT2D eigenvalue weighted by atomic mass is 10.2. The van der Waals surface area contributed by atoms with Crippen molar-refractivity contribution in [3.05, 3.63) is 11.4 Å². The Bertz CT molecular complexity index is 522. The van der Waals surface area contributed by atoms with Crippen molar-refractivity contribution in [1.82, 2.24) is 19.8 Å². The van der Waals surface area contributed by atoms with Gasteiger partial charge in [-0.1, -0.05) is 20.8 Å². The highest BCUT2D eigenvalue weighted by Crippen LogP contribution is 2.22. The summed E-state index contributed by atoms with van der Waals surface area (Å²) in [5.74, 6) is 0.281. The van der Waals surface area contributed by atoms with Crippen LogP contribution in [0.3, 0.4) is 0 Å². The van der Waals surface area contributed by atoms with Crippen LogP contribution in [0.5, 0.6) is 0 Å². The second kappa shape index (κ2) is 7.19. The average molecular weight is 302 g/mol. The van der Waals surface area contributed by atoms with E-state index >= 15 is 0 Å². The molecule has 0 amide bonds. The molecule has 0 fully saturated rings. The van der Waals surface area contributed by atoms with Gasteiger partial charge < -0.3 is 5.32 Å². The summed E-state index contributed by atoms with van der Waals surface area (Å²) in [6.45, 7) is 9.60. The van der Waals surface area contributed by atoms with Gasteiger partial charge in [0.15, 0.2) is 0 Å². The molecule has 0 aliphatic carbocycles. The summed E-state index contributed by atoms with van der Waals surface area (Å²) in [5, 5.41) is 10.1. The molecule has 0 unspecified atom stereocenters. The third-order valence-electron chi connectivity index (χ3n) is 2.97. The van der Waals surface area contributed by atoms with Gasteiger partial charge in [0, 0.05) is 20.1 Å². The maximum Gasteiger partial charge on any atom is 0.246 e. The third kappa shape index (κ3) is 4.04. The Labute approximate surface area is 122 Å². The molecule has 116 valence electrons. The SMILES string of the molecule is CCCNCc1n[nH]c(C)c1S(=O)(=O)N(C)CC(C)C. The van der Waals surface area contributed by atoms with Crippen molar-refractivity contribution in [3.63, 3.8) is 0 Å². The molecule has 0 aliphatic rings. The van der Waals surface area contributed by atoms with E-state index in [2.05, 4.69) is 22.4 Å². The zero-order valence-corrected chi connectivity index (χ0v) is 13.8. The molecular formula is C13H26N4O2S. The van der Waals surface area contributed by atoms with Crippen LogP contribution >= 0.6 is 0 Å². The molecule has 0 aliphatic heterocycles. The van der Waals surface area contributed by atoms with E-state index in [0.717, 1.165) is 13.0 Å². The van der Waals surface area contributed by atoms with E-state index in [1.54, 1.807) is 14.0 Å². The molecule has 0 spiro atoms. The number of hydrogen-bond acceptors (Lipinski definition) is 4. The third-order valence-corrected chi connectivity index (χ3v) is 5.00. The largest absolute Gasteiger partial charge is 0.311 e. The molecule has 0 saturated carbocycles. The van der Waals surface area contributed by atoms with E-state index in [4.69, 9.17) is 0 Å². The van der Waals surface area contributed by atoms with E-state index in [-0.39, 0.29) is 5.92 Å². The van der Waals surface area contributed by atoms with Crippen molar-refractivity contribution in [2.24, 2.45) is 5.92 Å². The first-order valence-corrected chi connectivity index (χ1v) is 8.45. The van der Waals surface area contributed by atoms with E-state index in [1.807, 2.05) is 13.8 Å². The zero-order valence-electron chi connectivity index (χ0n) is 13.0. The summed E-state index contributed by atoms with van der Waals surface area (Å²) in [4.78, 5) is 0.309. The van der Waals surface area contributed by atoms with Crippen molar-refractivity contribution in [1.29, 1.82) is 0 Å². The van der Waals surface area contributed by atoms with Gasteiger partial charge in [0.25, 0.3) is 0 Å². The quantitative estimate of drug-likeness (QED) is 0.713. The predicted octanol–water partition coefficient (Wildman–Crippen LogP) is 1.49. The van der Waals surface area contributed by atoms with E-state index in [9.17, 15) is 8.42 Å². The van der Waals surface area contributed by atoms with Gasteiger partial charge >= 0.3 is 0 Å². The van der Waals surface area contributed by atoms with Gasteiger partial charge in [-0.3, -0.25) is 5.10 Å². The number of rotatable bonds is 8. The normalized spacial score (nSPS) is 12.6. The van der Waals surface area contributed by atoms with Crippen LogP contribution in [0.2, 0.25) is 0 Å². The second-order valence-corrected chi connectivity index (χ2v) is 7.46. The van der Waals surface area contributed by atoms with Crippen LogP contribution in [0.4, 0.5) is 0 Å². The van der Waals surface area contributed by atoms with Gasteiger partial charge in [0.05, 0.1) is 11.4 Å². The van der Waals surface area contributed by atoms with Gasteiger partial charge in [-0.15, -0.1) is 0 Å². The molecule has 0 radical (unpaired) electrons. The van der Waals surface area contributed by atoms with Gasteiger partial charge in [0.1, 0.15) is 4.90 Å². The summed E-state index contributed by atoms with van der Waals surface area (Å²) in [6.07, 6.45) is 0.999. The number of H-pyrrole nitrogens is 1. The minimum atomic E-state index is -3.49. The van der Waals surface area contributed by atoms with E-state index in [0.29, 0.717) is 29.4 Å². The fourth-order valence-electron chi connectivity index (χ4n) is 2.08. The molecule has 0 aromatic carbocycles. The fraction of sp³-hybridized carbons (Fsp3) is 0.769. The number of hydrogen-bond donors (Lipinski definition) is 2. The lowest BCUT2D eigenvalue weighted by molar-refractivity contribution is 0.416. The van der Waals surface area contributed by atoms with Gasteiger partial charge in [-0.2, -0.15) is 5.10 Å². The number of aryl methyl sites for hydroxylation is 1. The number of aromatic amines is 1. The first-order chi connectivity index (χ1) is 9.30. The Hall–Kier alpha value is -0.920. The molecule has 1 aromatic rings. The molecule has 1 heterocycles. The van der Waals surface area contributed by atoms with Crippen LogP contribution in [0, 0.1) is 12.8 Å². The molecule has 0 bridgehead atoms. The van der Waals surface area contributed by atoms with Crippen molar-refractivity contribution >= 4 is 10.0 Å². The number of nitrogens with zero attached hydrogens (tertiary/aromatic N) is 2. The van der Waals surface area contributed by atoms with Crippen LogP contribution < -0.4 is 5.32 Å². The molecule has 1 rings (SSSR count). The molecular weight excluding hydrogens is 276 g/mol. The molecule has 0 saturated heterocycles. The predicted molar refractivity (Wildman–Crippen MR) is 80.0 cm³/mol. The smallest absolute Gasteiger partial charge is 0.246 e. The first kappa shape index (κ1) is 17.1. The van der Waals surface area contributed by atoms with E-state index in [1.165, 1.54) is 4.31 Å². The van der Waals surface area contributed by atoms with Crippen LogP contribution in [-0.4, -0.2) is 43.1 Å². The van der Waals surface area contributed by atoms with Gasteiger partial charge in [0.2, 0.25) is 10.0 Å². The highest BCUT2D eigenvalue weighted by atomic mass is 32.2. The summed E-state index contributed by atoms with van der Waals surface area (Å²) in [6, 6.07) is 0. The summed E-state index contributed by atoms with van der Waals surface area (Å²) >= 11 is 0. The van der Waals surface area contributed by atoms with Gasteiger partial charge in [-0.25, -0.2) is 12.7 Å². The van der Waals surface area contributed by atoms with Crippen molar-refractivity contribution in [3.8, 4) is 0 Å². The number of sulfonamides is 1. The maximum absolute atomic E-state index is 12.6. The van der Waals surface area contributed by atoms with Crippen LogP contribution in [-0.2, 0) is 16.6 Å². The summed E-state index contributed by atoms with van der Waals surface area (Å²) < 4.78 is 26.7. The topological polar surface area (TPSA) is 78.1 Å². The maximum atomic E-state index is 12.6. The van der Waals surface area contributed by atoms with Crippen LogP contribution in [0.15, 0.2) is 4.90 Å². The van der Waals surface area contributed by atoms with Crippen molar-refractivity contribution < 1.29 is 8.42 Å². The highest BCUT2D eigenvalue weighted by Gasteiger charge is 2.28. The fourth-order valence-corrected chi connectivity index (χ4v) is 3.74. The lowest BCUT2D eigenvalue weighted by Crippen LogP contribution is -2.31. The minimum Gasteiger partial charge on any atom is -0.311 e. The average Bonchev–Trinajstić information content (AvgIpc) is 2.70. The molecule has 20 heavy (non-hydrogen) atoms. The Balaban J connectivity index is 3.01. The Morgan fingerprint density at radius 3 is 2.60 bits per heavy atom. The zero-order chi connectivity index (χ0) is 15.3. The first-order valence-electron chi connectivity index (χ1n) is 7.01. The lowest BCUT2D eigenvalue weighted by Gasteiger charge is -2.19. The van der Waals surface area contributed by atoms with Crippen molar-refractivity contribution in [2.45, 2.75) is 45.6 Å². The van der Waals surface area contributed by atoms with Crippen molar-refractivity contribution in [2.75, 3.05) is 20.1 Å². The molecule has 7 heteroatoms. The molecule has 6 nitrogen and oxygen atoms in total. The summed E-state index contributed by atoms with van der Waals surface area (Å²) in [5.41, 5.74) is 1.15. The number of aromatic nitrogens is 2. The van der Waals surface area contributed by atoms with Crippen LogP contribution in [0.1, 0.15) is 38.6 Å². The van der Waals surface area contributed by atoms with Gasteiger partial charge in [-0.05, 0) is 25.8 Å². The second-order valence-electron chi connectivity index (χ2n) is 5.48. The minimum absolute atomic E-state index is 0.281. The molecule has 2 N–H and O–H groups in total. The Morgan fingerprint density at radius 1 is 1.40 bits per heavy atom. The molecule has 0 atom stereocenters. The van der Waals surface area contributed by atoms with Crippen LogP contribution in [0.25, 0.3) is 0 Å². The molecule has 1 aromatic heterocycles. The van der Waals surface area contributed by atoms with E-state index < -0.39 is 10.0 Å². The Morgan fingerprint density at radius 2 is 2.05 bits per heavy atom. The monoisotopic (exact) mass is 302 g/mol. The standard InChI is InChI=1S/C13H26N4O2S/c1-6-7-14-8-12-13(11(4)15-16-12)20(18,19)17(5)9-10(2)3/h10,14H,6-9H2,1-5H3,(H,15,16).